The van der Waals surface area contributed by atoms with Crippen molar-refractivity contribution in [2.45, 2.75) is 13.5 Å². The fraction of sp³-hybridized carbons (Fsp3) is 0.200. The lowest BCUT2D eigenvalue weighted by Gasteiger charge is -2.08. The molecule has 26 heavy (non-hydrogen) atoms. The molecular weight excluding hydrogens is 350 g/mol. The Bertz CT molecular complexity index is 922. The number of halogens is 1. The van der Waals surface area contributed by atoms with Gasteiger partial charge in [0.15, 0.2) is 0 Å². The van der Waals surface area contributed by atoms with Crippen LogP contribution in [0.2, 0.25) is 5.02 Å². The first kappa shape index (κ1) is 18.0. The van der Waals surface area contributed by atoms with Crippen LogP contribution in [0.15, 0.2) is 48.5 Å². The Morgan fingerprint density at radius 1 is 1.00 bits per heavy atom. The summed E-state index contributed by atoms with van der Waals surface area (Å²) in [6, 6.07) is 14.8. The van der Waals surface area contributed by atoms with E-state index < -0.39 is 0 Å². The number of rotatable bonds is 5. The molecule has 0 spiro atoms. The molecule has 2 N–H and O–H groups in total. The predicted molar refractivity (Wildman–Crippen MR) is 104 cm³/mol. The van der Waals surface area contributed by atoms with Gasteiger partial charge in [-0.1, -0.05) is 41.9 Å². The summed E-state index contributed by atoms with van der Waals surface area (Å²) in [6.07, 6.45) is 0. The van der Waals surface area contributed by atoms with E-state index in [4.69, 9.17) is 11.6 Å². The number of hydrogen-bond donors (Lipinski definition) is 2. The van der Waals surface area contributed by atoms with Crippen molar-refractivity contribution in [2.24, 2.45) is 7.05 Å². The number of nitrogens with zero attached hydrogens (tertiary/aromatic N) is 1. The maximum absolute atomic E-state index is 12.6. The normalized spacial score (nSPS) is 10.7. The first-order valence-electron chi connectivity index (χ1n) is 8.41. The molecule has 134 valence electrons. The lowest BCUT2D eigenvalue weighted by Crippen LogP contribution is -2.25. The third-order valence-electron chi connectivity index (χ3n) is 4.27. The zero-order valence-electron chi connectivity index (χ0n) is 14.7. The molecule has 0 saturated heterocycles. The fourth-order valence-electron chi connectivity index (χ4n) is 2.90. The Morgan fingerprint density at radius 2 is 1.69 bits per heavy atom. The molecule has 0 saturated carbocycles. The lowest BCUT2D eigenvalue weighted by atomic mass is 10.1. The summed E-state index contributed by atoms with van der Waals surface area (Å²) >= 11 is 6.40. The van der Waals surface area contributed by atoms with Gasteiger partial charge in [-0.15, -0.1) is 0 Å². The molecule has 0 aliphatic carbocycles. The van der Waals surface area contributed by atoms with Crippen LogP contribution in [0.5, 0.6) is 0 Å². The van der Waals surface area contributed by atoms with E-state index in [0.29, 0.717) is 29.4 Å². The maximum atomic E-state index is 12.6. The summed E-state index contributed by atoms with van der Waals surface area (Å²) in [5, 5.41) is 6.94. The molecular formula is C20H20ClN3O2. The van der Waals surface area contributed by atoms with E-state index in [1.165, 1.54) is 0 Å². The molecule has 0 bridgehead atoms. The molecule has 0 unspecified atom stereocenters. The van der Waals surface area contributed by atoms with Crippen molar-refractivity contribution < 1.29 is 9.59 Å². The Morgan fingerprint density at radius 3 is 2.35 bits per heavy atom. The monoisotopic (exact) mass is 369 g/mol. The second kappa shape index (κ2) is 7.62. The van der Waals surface area contributed by atoms with Crippen molar-refractivity contribution in [1.29, 1.82) is 0 Å². The van der Waals surface area contributed by atoms with E-state index >= 15 is 0 Å². The van der Waals surface area contributed by atoms with Gasteiger partial charge in [0, 0.05) is 36.6 Å². The SMILES string of the molecule is CCNC(=O)c1ccc(CNC(=O)c2c(Cl)c3ccccc3n2C)cc1. The summed E-state index contributed by atoms with van der Waals surface area (Å²) in [5.74, 6) is -0.341. The molecule has 0 radical (unpaired) electrons. The molecule has 3 rings (SSSR count). The highest BCUT2D eigenvalue weighted by molar-refractivity contribution is 6.38. The van der Waals surface area contributed by atoms with Crippen LogP contribution in [0.1, 0.15) is 33.3 Å². The average Bonchev–Trinajstić information content (AvgIpc) is 2.91. The van der Waals surface area contributed by atoms with Gasteiger partial charge in [-0.05, 0) is 30.7 Å². The number of hydrogen-bond acceptors (Lipinski definition) is 2. The summed E-state index contributed by atoms with van der Waals surface area (Å²) in [7, 11) is 1.82. The molecule has 2 aromatic carbocycles. The van der Waals surface area contributed by atoms with Crippen LogP contribution in [-0.2, 0) is 13.6 Å². The Kier molecular flexibility index (Phi) is 5.28. The number of fused-ring (bicyclic) bond motifs is 1. The highest BCUT2D eigenvalue weighted by Gasteiger charge is 2.19. The number of amides is 2. The van der Waals surface area contributed by atoms with Crippen molar-refractivity contribution in [2.75, 3.05) is 6.54 Å². The first-order valence-corrected chi connectivity index (χ1v) is 8.79. The minimum Gasteiger partial charge on any atom is -0.352 e. The van der Waals surface area contributed by atoms with Gasteiger partial charge in [0.25, 0.3) is 11.8 Å². The van der Waals surface area contributed by atoms with E-state index in [1.807, 2.05) is 50.4 Å². The molecule has 3 aromatic rings. The Hall–Kier alpha value is -2.79. The largest absolute Gasteiger partial charge is 0.352 e. The van der Waals surface area contributed by atoms with Crippen molar-refractivity contribution >= 4 is 34.3 Å². The van der Waals surface area contributed by atoms with E-state index in [0.717, 1.165) is 16.5 Å². The number of aromatic nitrogens is 1. The van der Waals surface area contributed by atoms with E-state index in [2.05, 4.69) is 10.6 Å². The van der Waals surface area contributed by atoms with Gasteiger partial charge in [-0.3, -0.25) is 9.59 Å². The third kappa shape index (κ3) is 3.44. The van der Waals surface area contributed by atoms with Crippen molar-refractivity contribution in [1.82, 2.24) is 15.2 Å². The van der Waals surface area contributed by atoms with Crippen LogP contribution in [0, 0.1) is 0 Å². The summed E-state index contributed by atoms with van der Waals surface area (Å²) in [4.78, 5) is 24.4. The zero-order valence-corrected chi connectivity index (χ0v) is 15.4. The number of para-hydroxylation sites is 1. The fourth-order valence-corrected chi connectivity index (χ4v) is 3.27. The van der Waals surface area contributed by atoms with Crippen molar-refractivity contribution in [3.05, 3.63) is 70.4 Å². The molecule has 2 amide bonds. The van der Waals surface area contributed by atoms with Gasteiger partial charge < -0.3 is 15.2 Å². The minimum absolute atomic E-state index is 0.106. The van der Waals surface area contributed by atoms with Gasteiger partial charge >= 0.3 is 0 Å². The number of aryl methyl sites for hydroxylation is 1. The molecule has 5 nitrogen and oxygen atoms in total. The topological polar surface area (TPSA) is 63.1 Å². The number of carbonyl (C=O) groups is 2. The van der Waals surface area contributed by atoms with Gasteiger partial charge in [-0.2, -0.15) is 0 Å². The van der Waals surface area contributed by atoms with E-state index in [9.17, 15) is 9.59 Å². The highest BCUT2D eigenvalue weighted by Crippen LogP contribution is 2.29. The smallest absolute Gasteiger partial charge is 0.269 e. The van der Waals surface area contributed by atoms with Gasteiger partial charge in [-0.25, -0.2) is 0 Å². The Labute approximate surface area is 157 Å². The Balaban J connectivity index is 1.72. The highest BCUT2D eigenvalue weighted by atomic mass is 35.5. The molecule has 0 aliphatic rings. The second-order valence-corrected chi connectivity index (χ2v) is 6.36. The third-order valence-corrected chi connectivity index (χ3v) is 4.65. The van der Waals surface area contributed by atoms with Gasteiger partial charge in [0.2, 0.25) is 0 Å². The van der Waals surface area contributed by atoms with Crippen molar-refractivity contribution in [3.63, 3.8) is 0 Å². The van der Waals surface area contributed by atoms with Crippen LogP contribution in [-0.4, -0.2) is 22.9 Å². The van der Waals surface area contributed by atoms with Crippen LogP contribution in [0.4, 0.5) is 0 Å². The van der Waals surface area contributed by atoms with E-state index in [-0.39, 0.29) is 11.8 Å². The quantitative estimate of drug-likeness (QED) is 0.722. The number of carbonyl (C=O) groups excluding carboxylic acids is 2. The molecule has 6 heteroatoms. The van der Waals surface area contributed by atoms with Crippen LogP contribution < -0.4 is 10.6 Å². The maximum Gasteiger partial charge on any atom is 0.269 e. The molecule has 1 heterocycles. The summed E-state index contributed by atoms with van der Waals surface area (Å²) < 4.78 is 1.80. The molecule has 0 aliphatic heterocycles. The lowest BCUT2D eigenvalue weighted by molar-refractivity contribution is 0.0938. The predicted octanol–water partition coefficient (Wildman–Crippen LogP) is 3.51. The first-order chi connectivity index (χ1) is 12.5. The number of nitrogens with one attached hydrogen (secondary N) is 2. The molecule has 0 fully saturated rings. The summed E-state index contributed by atoms with van der Waals surface area (Å²) in [6.45, 7) is 2.81. The minimum atomic E-state index is -0.235. The average molecular weight is 370 g/mol. The van der Waals surface area contributed by atoms with Gasteiger partial charge in [0.05, 0.1) is 5.02 Å². The van der Waals surface area contributed by atoms with Crippen LogP contribution in [0.3, 0.4) is 0 Å². The van der Waals surface area contributed by atoms with Gasteiger partial charge in [0.1, 0.15) is 5.69 Å². The molecule has 1 aromatic heterocycles. The van der Waals surface area contributed by atoms with Crippen molar-refractivity contribution in [3.8, 4) is 0 Å². The van der Waals surface area contributed by atoms with E-state index in [1.54, 1.807) is 16.7 Å². The standard InChI is InChI=1S/C20H20ClN3O2/c1-3-22-19(25)14-10-8-13(9-11-14)12-23-20(26)18-17(21)15-6-4-5-7-16(15)24(18)2/h4-11H,3,12H2,1-2H3,(H,22,25)(H,23,26). The van der Waals surface area contributed by atoms with Crippen LogP contribution in [0.25, 0.3) is 10.9 Å². The van der Waals surface area contributed by atoms with Crippen LogP contribution >= 0.6 is 11.6 Å². The zero-order chi connectivity index (χ0) is 18.7. The summed E-state index contributed by atoms with van der Waals surface area (Å²) in [5.41, 5.74) is 2.85. The molecule has 0 atom stereocenters. The second-order valence-electron chi connectivity index (χ2n) is 5.98. The number of benzene rings is 2.